The van der Waals surface area contributed by atoms with Crippen LogP contribution in [0.1, 0.15) is 182 Å². The van der Waals surface area contributed by atoms with E-state index in [9.17, 15) is 0 Å². The molecule has 2 aromatic heterocycles. The zero-order valence-electron chi connectivity index (χ0n) is 51.9. The lowest BCUT2D eigenvalue weighted by molar-refractivity contribution is 0.0152. The molecule has 0 saturated heterocycles. The first-order valence-electron chi connectivity index (χ1n) is 27.1. The Kier molecular flexibility index (Phi) is 29.6. The first kappa shape index (κ1) is 68.6. The van der Waals surface area contributed by atoms with Crippen molar-refractivity contribution < 1.29 is 9.47 Å². The van der Waals surface area contributed by atoms with Gasteiger partial charge in [-0.3, -0.25) is 4.98 Å². The third-order valence-electron chi connectivity index (χ3n) is 11.9. The summed E-state index contributed by atoms with van der Waals surface area (Å²) >= 11 is 1.85. The van der Waals surface area contributed by atoms with E-state index in [2.05, 4.69) is 276 Å². The summed E-state index contributed by atoms with van der Waals surface area (Å²) in [5.74, 6) is 0. The van der Waals surface area contributed by atoms with Gasteiger partial charge in [0.15, 0.2) is 0 Å². The van der Waals surface area contributed by atoms with Gasteiger partial charge in [-0.2, -0.15) is 0 Å². The smallest absolute Gasteiger partial charge is 0.0869 e. The van der Waals surface area contributed by atoms with E-state index in [1.807, 2.05) is 66.2 Å². The monoisotopic (exact) mass is 1040 g/mol. The number of hydrogen-bond donors (Lipinski definition) is 0. The highest BCUT2D eigenvalue weighted by molar-refractivity contribution is 7.09. The lowest BCUT2D eigenvalue weighted by Crippen LogP contribution is -2.31. The maximum atomic E-state index is 5.50. The molecule has 0 aliphatic heterocycles. The highest BCUT2D eigenvalue weighted by atomic mass is 32.1. The van der Waals surface area contributed by atoms with Crippen LogP contribution in [0.5, 0.6) is 0 Å². The number of aromatic nitrogens is 1. The molecule has 416 valence electrons. The molecular formula is C69H107N3O2S. The molecule has 6 rings (SSSR count). The van der Waals surface area contributed by atoms with Crippen LogP contribution in [-0.4, -0.2) is 57.2 Å². The van der Waals surface area contributed by atoms with Crippen LogP contribution >= 0.6 is 11.3 Å². The Bertz CT molecular complexity index is 2170. The van der Waals surface area contributed by atoms with Crippen LogP contribution in [0, 0.1) is 32.5 Å². The average Bonchev–Trinajstić information content (AvgIpc) is 3.79. The van der Waals surface area contributed by atoms with E-state index in [1.54, 1.807) is 14.2 Å². The van der Waals surface area contributed by atoms with E-state index in [-0.39, 0.29) is 33.9 Å². The first-order valence-corrected chi connectivity index (χ1v) is 28.0. The van der Waals surface area contributed by atoms with Gasteiger partial charge in [0, 0.05) is 43.6 Å². The van der Waals surface area contributed by atoms with Crippen molar-refractivity contribution in [2.75, 3.05) is 42.4 Å². The Morgan fingerprint density at radius 2 is 0.733 bits per heavy atom. The van der Waals surface area contributed by atoms with Gasteiger partial charge in [0.2, 0.25) is 0 Å². The van der Waals surface area contributed by atoms with Crippen molar-refractivity contribution >= 4 is 11.3 Å². The molecule has 5 nitrogen and oxygen atoms in total. The summed E-state index contributed by atoms with van der Waals surface area (Å²) in [6.45, 7) is 40.3. The topological polar surface area (TPSA) is 37.8 Å². The van der Waals surface area contributed by atoms with Crippen molar-refractivity contribution in [2.24, 2.45) is 32.5 Å². The van der Waals surface area contributed by atoms with Gasteiger partial charge in [0.05, 0.1) is 12.2 Å². The SMILES string of the molecule is CC(C)(C)Cc1cccnc1.CC(C)(C)Cc1cccs1.CN(C)[C@@H](c1ccccc1)C(C)(C)C.CN(C)[C@H](c1ccccc1)C(C)(C)C.CO[C@@H](c1ccccc1)C(C)(C)C.CO[C@H](c1ccccc1)C(C)(C)C. The second-order valence-electron chi connectivity index (χ2n) is 27.0. The van der Waals surface area contributed by atoms with Gasteiger partial charge in [-0.25, -0.2) is 0 Å². The van der Waals surface area contributed by atoms with Crippen LogP contribution in [0.2, 0.25) is 0 Å². The Labute approximate surface area is 465 Å². The van der Waals surface area contributed by atoms with Gasteiger partial charge in [-0.1, -0.05) is 258 Å². The van der Waals surface area contributed by atoms with Crippen LogP contribution < -0.4 is 0 Å². The van der Waals surface area contributed by atoms with Crippen molar-refractivity contribution in [3.05, 3.63) is 196 Å². The number of nitrogens with zero attached hydrogens (tertiary/aromatic N) is 3. The predicted molar refractivity (Wildman–Crippen MR) is 331 cm³/mol. The van der Waals surface area contributed by atoms with Crippen LogP contribution in [0.3, 0.4) is 0 Å². The van der Waals surface area contributed by atoms with E-state index >= 15 is 0 Å². The number of pyridine rings is 1. The molecule has 0 N–H and O–H groups in total. The standard InChI is InChI=1S/2C13H21N.2C12H18O.C10H15N.C9H14S/c2*1-13(2,3)12(14(4)5)11-9-7-6-8-10-11;2*1-12(2,3)11(13-4)10-8-6-5-7-9-10;1-10(2,3)7-9-5-4-6-11-8-9;1-9(2,3)7-8-5-4-6-10-8/h2*6-10,12H,1-5H3;2*5-9,11H,1-4H3;4-6,8H,7H2,1-3H3;4-6H,7H2,1-3H3/t2*12-;2*11-;;/m1010../s1. The summed E-state index contributed by atoms with van der Waals surface area (Å²) < 4.78 is 11.0. The number of thiophene rings is 1. The quantitative estimate of drug-likeness (QED) is 0.137. The molecule has 0 amide bonds. The van der Waals surface area contributed by atoms with Crippen molar-refractivity contribution in [3.63, 3.8) is 0 Å². The summed E-state index contributed by atoms with van der Waals surface area (Å²) in [5.41, 5.74) is 8.24. The van der Waals surface area contributed by atoms with Crippen molar-refractivity contribution in [1.29, 1.82) is 0 Å². The average molecular weight is 1040 g/mol. The molecule has 0 aliphatic carbocycles. The summed E-state index contributed by atoms with van der Waals surface area (Å²) in [4.78, 5) is 10.1. The van der Waals surface area contributed by atoms with Gasteiger partial charge >= 0.3 is 0 Å². The maximum absolute atomic E-state index is 5.50. The number of hydrogen-bond acceptors (Lipinski definition) is 6. The third kappa shape index (κ3) is 29.0. The summed E-state index contributed by atoms with van der Waals surface area (Å²) in [6, 6.07) is 51.5. The number of rotatable bonds is 10. The second-order valence-corrected chi connectivity index (χ2v) is 28.0. The third-order valence-corrected chi connectivity index (χ3v) is 12.8. The molecule has 4 aromatic carbocycles. The first-order chi connectivity index (χ1) is 34.6. The van der Waals surface area contributed by atoms with E-state index in [4.69, 9.17) is 9.47 Å². The van der Waals surface area contributed by atoms with Crippen LogP contribution in [0.25, 0.3) is 0 Å². The van der Waals surface area contributed by atoms with Gasteiger partial charge in [-0.15, -0.1) is 11.3 Å². The Balaban J connectivity index is 0.000000452. The van der Waals surface area contributed by atoms with Gasteiger partial charge in [-0.05, 0) is 119 Å². The van der Waals surface area contributed by atoms with Gasteiger partial charge in [0.25, 0.3) is 0 Å². The minimum absolute atomic E-state index is 0.149. The molecule has 0 radical (unpaired) electrons. The van der Waals surface area contributed by atoms with Gasteiger partial charge < -0.3 is 19.3 Å². The molecule has 0 aliphatic rings. The lowest BCUT2D eigenvalue weighted by atomic mass is 9.81. The fourth-order valence-electron chi connectivity index (χ4n) is 9.70. The molecule has 4 atom stereocenters. The molecule has 2 heterocycles. The fourth-order valence-corrected chi connectivity index (χ4v) is 10.7. The molecule has 0 spiro atoms. The number of benzene rings is 4. The van der Waals surface area contributed by atoms with Crippen LogP contribution in [0.15, 0.2) is 163 Å². The minimum atomic E-state index is 0.149. The summed E-state index contributed by atoms with van der Waals surface area (Å²) in [5, 5.41) is 2.14. The second kappa shape index (κ2) is 32.3. The maximum Gasteiger partial charge on any atom is 0.0869 e. The van der Waals surface area contributed by atoms with Crippen LogP contribution in [0.4, 0.5) is 0 Å². The Hall–Kier alpha value is -4.43. The van der Waals surface area contributed by atoms with Crippen molar-refractivity contribution in [2.45, 2.75) is 162 Å². The molecule has 0 bridgehead atoms. The molecular weight excluding hydrogens is 935 g/mol. The van der Waals surface area contributed by atoms with Crippen LogP contribution in [-0.2, 0) is 22.3 Å². The zero-order chi connectivity index (χ0) is 57.3. The Morgan fingerprint density at radius 1 is 0.400 bits per heavy atom. The molecule has 6 heteroatoms. The van der Waals surface area contributed by atoms with E-state index in [0.29, 0.717) is 22.9 Å². The molecule has 0 unspecified atom stereocenters. The molecule has 0 fully saturated rings. The highest BCUT2D eigenvalue weighted by Crippen LogP contribution is 2.38. The van der Waals surface area contributed by atoms with Gasteiger partial charge in [0.1, 0.15) is 0 Å². The Morgan fingerprint density at radius 3 is 0.960 bits per heavy atom. The fraction of sp³-hybridized carbons (Fsp3) is 0.522. The molecule has 0 saturated carbocycles. The summed E-state index contributed by atoms with van der Waals surface area (Å²) in [7, 11) is 12.1. The lowest BCUT2D eigenvalue weighted by Gasteiger charge is -2.36. The predicted octanol–water partition coefficient (Wildman–Crippen LogP) is 19.5. The van der Waals surface area contributed by atoms with E-state index < -0.39 is 0 Å². The minimum Gasteiger partial charge on any atom is -0.376 e. The van der Waals surface area contributed by atoms with Crippen molar-refractivity contribution in [1.82, 2.24) is 14.8 Å². The number of ether oxygens (including phenoxy) is 2. The zero-order valence-corrected chi connectivity index (χ0v) is 52.7. The largest absolute Gasteiger partial charge is 0.376 e. The normalized spacial score (nSPS) is 13.6. The van der Waals surface area contributed by atoms with Crippen molar-refractivity contribution in [3.8, 4) is 0 Å². The number of methoxy groups -OCH3 is 2. The highest BCUT2D eigenvalue weighted by Gasteiger charge is 2.29. The molecule has 75 heavy (non-hydrogen) atoms. The molecule has 6 aromatic rings. The van der Waals surface area contributed by atoms with E-state index in [1.165, 1.54) is 39.1 Å². The van der Waals surface area contributed by atoms with E-state index in [0.717, 1.165) is 6.42 Å². The summed E-state index contributed by atoms with van der Waals surface area (Å²) in [6.07, 6.45) is 6.39.